The molecule has 1 aliphatic heterocycles. The largest absolute Gasteiger partial charge is 0.481 e. The molecule has 1 saturated heterocycles. The van der Waals surface area contributed by atoms with Gasteiger partial charge in [0.15, 0.2) is 0 Å². The van der Waals surface area contributed by atoms with Crippen molar-refractivity contribution in [2.24, 2.45) is 23.7 Å². The zero-order chi connectivity index (χ0) is 13.8. The minimum absolute atomic E-state index is 0.0576. The Morgan fingerprint density at radius 2 is 1.84 bits per heavy atom. The predicted octanol–water partition coefficient (Wildman–Crippen LogP) is 1.91. The number of hydrogen-bond donors (Lipinski definition) is 1. The van der Waals surface area contributed by atoms with E-state index in [2.05, 4.69) is 19.9 Å². The SMILES string of the molecule is CC1(C)CCCN1C(=O)C1C2C=CC(C2)C1C(=O)O. The highest BCUT2D eigenvalue weighted by Crippen LogP contribution is 2.49. The molecular formula is C15H21NO3. The number of nitrogens with zero attached hydrogens (tertiary/aromatic N) is 1. The summed E-state index contributed by atoms with van der Waals surface area (Å²) < 4.78 is 0. The number of carboxylic acids is 1. The lowest BCUT2D eigenvalue weighted by Crippen LogP contribution is -2.49. The first kappa shape index (κ1) is 12.7. The summed E-state index contributed by atoms with van der Waals surface area (Å²) in [7, 11) is 0. The molecule has 0 spiro atoms. The standard InChI is InChI=1S/C15H21NO3/c1-15(2)6-3-7-16(15)13(17)11-9-4-5-10(8-9)12(11)14(18)19/h4-5,9-12H,3,6-8H2,1-2H3,(H,18,19). The highest BCUT2D eigenvalue weighted by molar-refractivity contribution is 5.87. The van der Waals surface area contributed by atoms with Gasteiger partial charge in [0.25, 0.3) is 0 Å². The molecule has 1 N–H and O–H groups in total. The molecule has 4 nitrogen and oxygen atoms in total. The van der Waals surface area contributed by atoms with Crippen LogP contribution in [-0.4, -0.2) is 34.0 Å². The minimum Gasteiger partial charge on any atom is -0.481 e. The predicted molar refractivity (Wildman–Crippen MR) is 70.4 cm³/mol. The quantitative estimate of drug-likeness (QED) is 0.774. The van der Waals surface area contributed by atoms with Crippen molar-refractivity contribution in [1.82, 2.24) is 4.90 Å². The molecule has 3 rings (SSSR count). The van der Waals surface area contributed by atoms with Gasteiger partial charge >= 0.3 is 5.97 Å². The van der Waals surface area contributed by atoms with Crippen molar-refractivity contribution in [2.75, 3.05) is 6.54 Å². The van der Waals surface area contributed by atoms with Crippen LogP contribution < -0.4 is 0 Å². The minimum atomic E-state index is -0.813. The van der Waals surface area contributed by atoms with Gasteiger partial charge in [-0.25, -0.2) is 0 Å². The molecule has 0 aromatic rings. The molecule has 19 heavy (non-hydrogen) atoms. The van der Waals surface area contributed by atoms with Crippen LogP contribution in [0.15, 0.2) is 12.2 Å². The first-order chi connectivity index (χ1) is 8.92. The second-order valence-electron chi connectivity index (χ2n) is 6.74. The number of carboxylic acid groups (broad SMARTS) is 1. The molecule has 2 bridgehead atoms. The topological polar surface area (TPSA) is 57.6 Å². The van der Waals surface area contributed by atoms with Gasteiger partial charge < -0.3 is 10.0 Å². The normalized spacial score (nSPS) is 38.9. The average Bonchev–Trinajstić information content (AvgIpc) is 3.00. The van der Waals surface area contributed by atoms with Crippen molar-refractivity contribution in [2.45, 2.75) is 38.6 Å². The Kier molecular flexibility index (Phi) is 2.73. The molecule has 0 radical (unpaired) electrons. The number of amides is 1. The Morgan fingerprint density at radius 1 is 1.21 bits per heavy atom. The summed E-state index contributed by atoms with van der Waals surface area (Å²) in [6.07, 6.45) is 6.90. The van der Waals surface area contributed by atoms with Crippen LogP contribution in [0.3, 0.4) is 0 Å². The van der Waals surface area contributed by atoms with Crippen LogP contribution >= 0.6 is 0 Å². The van der Waals surface area contributed by atoms with E-state index in [1.54, 1.807) is 0 Å². The molecule has 2 fully saturated rings. The number of carbonyl (C=O) groups excluding carboxylic acids is 1. The fourth-order valence-electron chi connectivity index (χ4n) is 4.19. The Labute approximate surface area is 113 Å². The van der Waals surface area contributed by atoms with E-state index in [0.29, 0.717) is 0 Å². The maximum atomic E-state index is 12.8. The number of rotatable bonds is 2. The molecule has 2 aliphatic carbocycles. The molecule has 0 aromatic carbocycles. The molecule has 4 atom stereocenters. The summed E-state index contributed by atoms with van der Waals surface area (Å²) >= 11 is 0. The van der Waals surface area contributed by atoms with E-state index < -0.39 is 11.9 Å². The molecule has 3 aliphatic rings. The molecule has 1 amide bonds. The van der Waals surface area contributed by atoms with Crippen molar-refractivity contribution in [1.29, 1.82) is 0 Å². The molecule has 4 unspecified atom stereocenters. The van der Waals surface area contributed by atoms with Crippen molar-refractivity contribution < 1.29 is 14.7 Å². The maximum absolute atomic E-state index is 12.8. The summed E-state index contributed by atoms with van der Waals surface area (Å²) in [6.45, 7) is 4.93. The Hall–Kier alpha value is -1.32. The molecule has 104 valence electrons. The molecule has 0 aromatic heterocycles. The fraction of sp³-hybridized carbons (Fsp3) is 0.733. The fourth-order valence-corrected chi connectivity index (χ4v) is 4.19. The second kappa shape index (κ2) is 4.09. The van der Waals surface area contributed by atoms with Crippen molar-refractivity contribution in [3.8, 4) is 0 Å². The van der Waals surface area contributed by atoms with Gasteiger partial charge in [-0.15, -0.1) is 0 Å². The van der Waals surface area contributed by atoms with Gasteiger partial charge in [0.2, 0.25) is 5.91 Å². The third kappa shape index (κ3) is 1.80. The first-order valence-electron chi connectivity index (χ1n) is 7.14. The molecule has 4 heteroatoms. The van der Waals surface area contributed by atoms with Crippen LogP contribution in [0.25, 0.3) is 0 Å². The van der Waals surface area contributed by atoms with Gasteiger partial charge in [0, 0.05) is 12.1 Å². The number of aliphatic carboxylic acids is 1. The van der Waals surface area contributed by atoms with Gasteiger partial charge in [0.1, 0.15) is 0 Å². The lowest BCUT2D eigenvalue weighted by atomic mass is 9.81. The highest BCUT2D eigenvalue weighted by Gasteiger charge is 2.54. The first-order valence-corrected chi connectivity index (χ1v) is 7.14. The Morgan fingerprint density at radius 3 is 2.37 bits per heavy atom. The van der Waals surface area contributed by atoms with E-state index in [0.717, 1.165) is 25.8 Å². The van der Waals surface area contributed by atoms with Crippen LogP contribution in [0, 0.1) is 23.7 Å². The second-order valence-corrected chi connectivity index (χ2v) is 6.74. The smallest absolute Gasteiger partial charge is 0.307 e. The summed E-state index contributed by atoms with van der Waals surface area (Å²) in [6, 6.07) is 0. The lowest BCUT2D eigenvalue weighted by Gasteiger charge is -2.36. The third-order valence-corrected chi connectivity index (χ3v) is 5.20. The van der Waals surface area contributed by atoms with Crippen molar-refractivity contribution in [3.05, 3.63) is 12.2 Å². The number of likely N-dealkylation sites (tertiary alicyclic amines) is 1. The average molecular weight is 263 g/mol. The number of fused-ring (bicyclic) bond motifs is 2. The van der Waals surface area contributed by atoms with Crippen LogP contribution in [0.5, 0.6) is 0 Å². The molecule has 1 heterocycles. The van der Waals surface area contributed by atoms with E-state index >= 15 is 0 Å². The highest BCUT2D eigenvalue weighted by atomic mass is 16.4. The Balaban J connectivity index is 1.87. The summed E-state index contributed by atoms with van der Waals surface area (Å²) in [5.41, 5.74) is -0.119. The zero-order valence-electron chi connectivity index (χ0n) is 11.5. The molecule has 1 saturated carbocycles. The summed E-state index contributed by atoms with van der Waals surface area (Å²) in [4.78, 5) is 26.2. The third-order valence-electron chi connectivity index (χ3n) is 5.20. The zero-order valence-corrected chi connectivity index (χ0v) is 11.5. The van der Waals surface area contributed by atoms with Crippen LogP contribution in [0.4, 0.5) is 0 Å². The van der Waals surface area contributed by atoms with E-state index in [1.807, 2.05) is 11.0 Å². The lowest BCUT2D eigenvalue weighted by molar-refractivity contribution is -0.152. The number of carbonyl (C=O) groups is 2. The summed E-state index contributed by atoms with van der Waals surface area (Å²) in [5.74, 6) is -1.42. The van der Waals surface area contributed by atoms with Crippen LogP contribution in [0.2, 0.25) is 0 Å². The maximum Gasteiger partial charge on any atom is 0.307 e. The van der Waals surface area contributed by atoms with E-state index in [1.165, 1.54) is 0 Å². The van der Waals surface area contributed by atoms with Gasteiger partial charge in [-0.3, -0.25) is 9.59 Å². The summed E-state index contributed by atoms with van der Waals surface area (Å²) in [5, 5.41) is 9.42. The van der Waals surface area contributed by atoms with E-state index in [4.69, 9.17) is 0 Å². The van der Waals surface area contributed by atoms with Gasteiger partial charge in [0.05, 0.1) is 11.8 Å². The van der Waals surface area contributed by atoms with Gasteiger partial charge in [-0.1, -0.05) is 12.2 Å². The Bertz CT molecular complexity index is 454. The van der Waals surface area contributed by atoms with Crippen LogP contribution in [-0.2, 0) is 9.59 Å². The number of hydrogen-bond acceptors (Lipinski definition) is 2. The van der Waals surface area contributed by atoms with Gasteiger partial charge in [-0.05, 0) is 44.9 Å². The van der Waals surface area contributed by atoms with E-state index in [9.17, 15) is 14.7 Å². The van der Waals surface area contributed by atoms with Crippen LogP contribution in [0.1, 0.15) is 33.1 Å². The van der Waals surface area contributed by atoms with Crippen molar-refractivity contribution in [3.63, 3.8) is 0 Å². The van der Waals surface area contributed by atoms with Crippen molar-refractivity contribution >= 4 is 11.9 Å². The van der Waals surface area contributed by atoms with Gasteiger partial charge in [-0.2, -0.15) is 0 Å². The number of allylic oxidation sites excluding steroid dienone is 2. The molecular weight excluding hydrogens is 242 g/mol. The monoisotopic (exact) mass is 263 g/mol. The van der Waals surface area contributed by atoms with E-state index in [-0.39, 0.29) is 29.2 Å².